The fraction of sp³-hybridized carbons (Fsp3) is 0.323. The number of thioether (sulfide) groups is 1. The van der Waals surface area contributed by atoms with E-state index in [4.69, 9.17) is 0 Å². The summed E-state index contributed by atoms with van der Waals surface area (Å²) in [5.74, 6) is -0.625. The summed E-state index contributed by atoms with van der Waals surface area (Å²) in [6.07, 6.45) is -1.32. The second-order valence-electron chi connectivity index (χ2n) is 10.3. The Morgan fingerprint density at radius 1 is 0.850 bits per heavy atom. The lowest BCUT2D eigenvalue weighted by molar-refractivity contribution is -0.147. The average Bonchev–Trinajstić information content (AvgIpc) is 3.30. The van der Waals surface area contributed by atoms with Crippen molar-refractivity contribution in [1.82, 2.24) is 20.9 Å². The Hall–Kier alpha value is -3.82. The van der Waals surface area contributed by atoms with Crippen LogP contribution in [0.2, 0.25) is 0 Å². The average molecular weight is 561 g/mol. The lowest BCUT2D eigenvalue weighted by Gasteiger charge is -2.33. The highest BCUT2D eigenvalue weighted by atomic mass is 32.2. The van der Waals surface area contributed by atoms with E-state index in [-0.39, 0.29) is 18.2 Å². The van der Waals surface area contributed by atoms with Crippen molar-refractivity contribution in [2.24, 2.45) is 0 Å². The van der Waals surface area contributed by atoms with Crippen LogP contribution in [0.15, 0.2) is 91.0 Å². The van der Waals surface area contributed by atoms with Gasteiger partial charge in [-0.05, 0) is 37.0 Å². The molecule has 4 rings (SSSR count). The highest BCUT2D eigenvalue weighted by molar-refractivity contribution is 8.00. The van der Waals surface area contributed by atoms with Gasteiger partial charge in [0.2, 0.25) is 5.91 Å². The number of hydrogen-bond acceptors (Lipinski definition) is 5. The molecule has 0 radical (unpaired) electrons. The van der Waals surface area contributed by atoms with Gasteiger partial charge in [-0.15, -0.1) is 11.8 Å². The van der Waals surface area contributed by atoms with Crippen molar-refractivity contribution in [2.75, 3.05) is 5.88 Å². The Bertz CT molecular complexity index is 1270. The molecule has 40 heavy (non-hydrogen) atoms. The van der Waals surface area contributed by atoms with E-state index in [1.807, 2.05) is 105 Å². The van der Waals surface area contributed by atoms with E-state index in [9.17, 15) is 19.5 Å². The Kier molecular flexibility index (Phi) is 9.84. The number of benzene rings is 3. The highest BCUT2D eigenvalue weighted by Crippen LogP contribution is 2.39. The molecule has 4 amide bonds. The number of amides is 4. The van der Waals surface area contributed by atoms with Gasteiger partial charge >= 0.3 is 6.03 Å². The van der Waals surface area contributed by atoms with E-state index in [2.05, 4.69) is 16.0 Å². The molecule has 0 saturated carbocycles. The summed E-state index contributed by atoms with van der Waals surface area (Å²) in [5.41, 5.74) is 2.73. The molecule has 4 N–H and O–H groups in total. The number of urea groups is 1. The van der Waals surface area contributed by atoms with Crippen LogP contribution >= 0.6 is 11.8 Å². The monoisotopic (exact) mass is 560 g/mol. The molecule has 9 heteroatoms. The Balaban J connectivity index is 1.47. The summed E-state index contributed by atoms with van der Waals surface area (Å²) in [4.78, 5) is 41.3. The van der Waals surface area contributed by atoms with Gasteiger partial charge in [0.1, 0.15) is 6.04 Å². The molecular formula is C31H36N4O4S. The first kappa shape index (κ1) is 29.2. The van der Waals surface area contributed by atoms with Gasteiger partial charge in [0.05, 0.1) is 11.9 Å². The molecule has 1 fully saturated rings. The number of hydrogen-bond donors (Lipinski definition) is 4. The Morgan fingerprint density at radius 3 is 1.90 bits per heavy atom. The maximum absolute atomic E-state index is 13.7. The van der Waals surface area contributed by atoms with E-state index in [1.165, 1.54) is 16.7 Å². The van der Waals surface area contributed by atoms with E-state index in [0.29, 0.717) is 13.1 Å². The van der Waals surface area contributed by atoms with Gasteiger partial charge in [0.15, 0.2) is 6.10 Å². The first-order valence-electron chi connectivity index (χ1n) is 13.3. The molecule has 1 aliphatic heterocycles. The molecule has 1 heterocycles. The fourth-order valence-electron chi connectivity index (χ4n) is 4.74. The van der Waals surface area contributed by atoms with Gasteiger partial charge in [-0.1, -0.05) is 91.0 Å². The highest BCUT2D eigenvalue weighted by Gasteiger charge is 2.49. The van der Waals surface area contributed by atoms with Gasteiger partial charge in [-0.25, -0.2) is 4.79 Å². The van der Waals surface area contributed by atoms with Crippen molar-refractivity contribution in [1.29, 1.82) is 0 Å². The van der Waals surface area contributed by atoms with Crippen LogP contribution in [0.1, 0.15) is 30.5 Å². The van der Waals surface area contributed by atoms with Gasteiger partial charge in [0.25, 0.3) is 5.91 Å². The van der Waals surface area contributed by atoms with Crippen LogP contribution in [0.3, 0.4) is 0 Å². The number of carbonyl (C=O) groups is 3. The summed E-state index contributed by atoms with van der Waals surface area (Å²) in [5, 5.41) is 19.9. The maximum atomic E-state index is 13.7. The minimum atomic E-state index is -1.55. The number of aliphatic hydroxyl groups excluding tert-OH is 1. The van der Waals surface area contributed by atoms with Crippen LogP contribution < -0.4 is 16.0 Å². The van der Waals surface area contributed by atoms with Crippen LogP contribution in [0.5, 0.6) is 0 Å². The summed E-state index contributed by atoms with van der Waals surface area (Å²) >= 11 is 1.48. The molecule has 0 aromatic heterocycles. The first-order chi connectivity index (χ1) is 19.2. The quantitative estimate of drug-likeness (QED) is 0.304. The largest absolute Gasteiger partial charge is 0.381 e. The molecule has 0 bridgehead atoms. The third kappa shape index (κ3) is 7.64. The molecule has 3 aromatic carbocycles. The smallest absolute Gasteiger partial charge is 0.315 e. The Morgan fingerprint density at radius 2 is 1.35 bits per heavy atom. The first-order valence-corrected chi connectivity index (χ1v) is 14.3. The van der Waals surface area contributed by atoms with Crippen molar-refractivity contribution >= 4 is 29.6 Å². The summed E-state index contributed by atoms with van der Waals surface area (Å²) in [6.45, 7) is 4.47. The van der Waals surface area contributed by atoms with Crippen molar-refractivity contribution in [3.05, 3.63) is 108 Å². The molecule has 3 atom stereocenters. The van der Waals surface area contributed by atoms with Gasteiger partial charge < -0.3 is 26.0 Å². The molecule has 1 aliphatic rings. The zero-order valence-corrected chi connectivity index (χ0v) is 23.6. The van der Waals surface area contributed by atoms with Crippen LogP contribution in [0.4, 0.5) is 4.79 Å². The molecule has 3 unspecified atom stereocenters. The van der Waals surface area contributed by atoms with Crippen molar-refractivity contribution in [2.45, 2.75) is 56.3 Å². The maximum Gasteiger partial charge on any atom is 0.315 e. The van der Waals surface area contributed by atoms with Crippen LogP contribution in [0, 0.1) is 0 Å². The summed E-state index contributed by atoms with van der Waals surface area (Å²) in [6, 6.07) is 26.2. The van der Waals surface area contributed by atoms with E-state index in [1.54, 1.807) is 0 Å². The van der Waals surface area contributed by atoms with Crippen molar-refractivity contribution in [3.63, 3.8) is 0 Å². The molecule has 8 nitrogen and oxygen atoms in total. The topological polar surface area (TPSA) is 111 Å². The second kappa shape index (κ2) is 13.5. The number of aliphatic hydroxyl groups is 1. The van der Waals surface area contributed by atoms with Crippen molar-refractivity contribution in [3.8, 4) is 0 Å². The molecule has 210 valence electrons. The van der Waals surface area contributed by atoms with E-state index < -0.39 is 34.9 Å². The predicted octanol–water partition coefficient (Wildman–Crippen LogP) is 3.45. The van der Waals surface area contributed by atoms with E-state index in [0.717, 1.165) is 16.7 Å². The third-order valence-corrected chi connectivity index (χ3v) is 8.31. The number of rotatable bonds is 10. The second-order valence-corrected chi connectivity index (χ2v) is 11.9. The van der Waals surface area contributed by atoms with E-state index >= 15 is 0 Å². The SMILES string of the molecule is CC1(C)SCN(C(=O)C(O)C(Cc2ccccc2)NC(=O)NCc2ccccc2)C1C(=O)NCc1ccccc1. The number of carbonyl (C=O) groups excluding carboxylic acids is 3. The molecular weight excluding hydrogens is 524 g/mol. The van der Waals surface area contributed by atoms with Crippen LogP contribution in [-0.4, -0.2) is 56.7 Å². The summed E-state index contributed by atoms with van der Waals surface area (Å²) in [7, 11) is 0. The molecule has 1 saturated heterocycles. The van der Waals surface area contributed by atoms with Gasteiger partial charge in [-0.2, -0.15) is 0 Å². The molecule has 0 aliphatic carbocycles. The lowest BCUT2D eigenvalue weighted by atomic mass is 9.97. The van der Waals surface area contributed by atoms with Crippen LogP contribution in [-0.2, 0) is 29.1 Å². The van der Waals surface area contributed by atoms with Crippen molar-refractivity contribution < 1.29 is 19.5 Å². The lowest BCUT2D eigenvalue weighted by Crippen LogP contribution is -2.59. The zero-order valence-electron chi connectivity index (χ0n) is 22.7. The zero-order chi connectivity index (χ0) is 28.5. The predicted molar refractivity (Wildman–Crippen MR) is 157 cm³/mol. The normalized spacial score (nSPS) is 17.5. The minimum Gasteiger partial charge on any atom is -0.381 e. The summed E-state index contributed by atoms with van der Waals surface area (Å²) < 4.78 is -0.564. The van der Waals surface area contributed by atoms with Gasteiger partial charge in [0, 0.05) is 17.8 Å². The standard InChI is InChI=1S/C31H36N4O4S/c1-31(2)27(28(37)32-19-23-14-8-4-9-15-23)35(21-40-31)29(38)26(36)25(18-22-12-6-3-7-13-22)34-30(39)33-20-24-16-10-5-11-17-24/h3-17,25-27,36H,18-21H2,1-2H3,(H,32,37)(H2,33,34,39). The Labute approximate surface area is 239 Å². The minimum absolute atomic E-state index is 0.238. The number of nitrogens with zero attached hydrogens (tertiary/aromatic N) is 1. The van der Waals surface area contributed by atoms with Gasteiger partial charge in [-0.3, -0.25) is 9.59 Å². The third-order valence-electron chi connectivity index (χ3n) is 6.93. The number of nitrogens with one attached hydrogen (secondary N) is 3. The molecule has 3 aromatic rings. The van der Waals surface area contributed by atoms with Crippen LogP contribution in [0.25, 0.3) is 0 Å². The molecule has 0 spiro atoms. The fourth-order valence-corrected chi connectivity index (χ4v) is 5.88.